The number of benzene rings is 2. The zero-order chi connectivity index (χ0) is 19.4. The van der Waals surface area contributed by atoms with Crippen molar-refractivity contribution in [3.05, 3.63) is 87.6 Å². The number of hydrogen-bond donors (Lipinski definition) is 1. The molecule has 0 amide bonds. The van der Waals surface area contributed by atoms with Gasteiger partial charge in [0.2, 0.25) is 0 Å². The maximum Gasteiger partial charge on any atom is 0.192 e. The molecule has 0 saturated heterocycles. The summed E-state index contributed by atoms with van der Waals surface area (Å²) in [5.74, 6) is 0.378. The molecule has 2 aliphatic carbocycles. The Kier molecular flexibility index (Phi) is 3.87. The van der Waals surface area contributed by atoms with E-state index in [1.807, 2.05) is 24.3 Å². The van der Waals surface area contributed by atoms with Crippen molar-refractivity contribution in [2.45, 2.75) is 44.9 Å². The maximum absolute atomic E-state index is 13.3. The van der Waals surface area contributed by atoms with Crippen molar-refractivity contribution in [3.8, 4) is 0 Å². The van der Waals surface area contributed by atoms with Crippen LogP contribution in [0, 0.1) is 0 Å². The Labute approximate surface area is 165 Å². The van der Waals surface area contributed by atoms with Crippen LogP contribution < -0.4 is 5.32 Å². The zero-order valence-electron chi connectivity index (χ0n) is 16.2. The zero-order valence-corrected chi connectivity index (χ0v) is 16.2. The number of dihydropyridines is 1. The molecule has 0 aromatic heterocycles. The molecule has 1 atom stereocenters. The highest BCUT2D eigenvalue weighted by molar-refractivity contribution is 6.23. The number of fused-ring (bicyclic) bond motifs is 2. The Bertz CT molecular complexity index is 1070. The Morgan fingerprint density at radius 1 is 0.893 bits per heavy atom. The van der Waals surface area contributed by atoms with Crippen LogP contribution in [-0.4, -0.2) is 11.6 Å². The lowest BCUT2D eigenvalue weighted by Gasteiger charge is -2.33. The highest BCUT2D eigenvalue weighted by atomic mass is 16.1. The van der Waals surface area contributed by atoms with Gasteiger partial charge in [0.25, 0.3) is 0 Å². The predicted molar refractivity (Wildman–Crippen MR) is 110 cm³/mol. The van der Waals surface area contributed by atoms with Crippen molar-refractivity contribution in [1.82, 2.24) is 5.32 Å². The first-order valence-corrected chi connectivity index (χ1v) is 10.1. The van der Waals surface area contributed by atoms with E-state index in [0.717, 1.165) is 52.1 Å². The van der Waals surface area contributed by atoms with E-state index in [0.29, 0.717) is 12.3 Å². The van der Waals surface area contributed by atoms with Gasteiger partial charge < -0.3 is 5.32 Å². The predicted octanol–water partition coefficient (Wildman–Crippen LogP) is 5.11. The second-order valence-electron chi connectivity index (χ2n) is 8.21. The third-order valence-corrected chi connectivity index (χ3v) is 6.20. The molecule has 0 bridgehead atoms. The molecule has 2 aromatic rings. The van der Waals surface area contributed by atoms with E-state index in [9.17, 15) is 9.59 Å². The van der Waals surface area contributed by atoms with Crippen molar-refractivity contribution in [2.24, 2.45) is 0 Å². The van der Waals surface area contributed by atoms with Crippen molar-refractivity contribution < 1.29 is 9.59 Å². The van der Waals surface area contributed by atoms with Gasteiger partial charge in [-0.25, -0.2) is 0 Å². The molecule has 0 spiro atoms. The molecule has 0 radical (unpaired) electrons. The highest BCUT2D eigenvalue weighted by Gasteiger charge is 2.43. The first-order valence-electron chi connectivity index (χ1n) is 10.1. The average molecular weight is 369 g/mol. The van der Waals surface area contributed by atoms with E-state index in [2.05, 4.69) is 43.4 Å². The lowest BCUT2D eigenvalue weighted by Crippen LogP contribution is -2.31. The number of Topliss-reactive ketones (excluding diaryl/α,β-unsaturated/α-hetero) is 2. The summed E-state index contributed by atoms with van der Waals surface area (Å²) in [6.45, 7) is 4.34. The molecule has 28 heavy (non-hydrogen) atoms. The summed E-state index contributed by atoms with van der Waals surface area (Å²) in [5, 5.41) is 3.48. The van der Waals surface area contributed by atoms with Crippen LogP contribution >= 0.6 is 0 Å². The van der Waals surface area contributed by atoms with Crippen LogP contribution in [0.3, 0.4) is 0 Å². The first kappa shape index (κ1) is 17.2. The molecule has 1 N–H and O–H groups in total. The third-order valence-electron chi connectivity index (χ3n) is 6.20. The van der Waals surface area contributed by atoms with Crippen molar-refractivity contribution in [2.75, 3.05) is 0 Å². The Morgan fingerprint density at radius 3 is 2.32 bits per heavy atom. The Hall–Kier alpha value is -2.94. The number of carbonyl (C=O) groups excluding carboxylic acids is 2. The lowest BCUT2D eigenvalue weighted by molar-refractivity contribution is -0.116. The van der Waals surface area contributed by atoms with Crippen molar-refractivity contribution in [1.29, 1.82) is 0 Å². The fraction of sp³-hybridized carbons (Fsp3) is 0.280. The fourth-order valence-electron chi connectivity index (χ4n) is 4.74. The molecule has 5 rings (SSSR count). The molecule has 0 unspecified atom stereocenters. The normalized spacial score (nSPS) is 20.9. The third kappa shape index (κ3) is 2.42. The van der Waals surface area contributed by atoms with E-state index >= 15 is 0 Å². The average Bonchev–Trinajstić information content (AvgIpc) is 2.99. The molecule has 2 aromatic carbocycles. The van der Waals surface area contributed by atoms with Crippen molar-refractivity contribution >= 4 is 17.3 Å². The number of ketones is 2. The smallest absolute Gasteiger partial charge is 0.192 e. The minimum absolute atomic E-state index is 0.0426. The minimum atomic E-state index is -0.278. The van der Waals surface area contributed by atoms with Gasteiger partial charge in [0.1, 0.15) is 0 Å². The fourth-order valence-corrected chi connectivity index (χ4v) is 4.74. The van der Waals surface area contributed by atoms with E-state index in [1.165, 1.54) is 5.56 Å². The summed E-state index contributed by atoms with van der Waals surface area (Å²) in [5.41, 5.74) is 7.40. The molecule has 3 heteroatoms. The summed E-state index contributed by atoms with van der Waals surface area (Å²) in [4.78, 5) is 26.3. The Balaban J connectivity index is 1.70. The number of rotatable bonds is 2. The molecule has 140 valence electrons. The van der Waals surface area contributed by atoms with Gasteiger partial charge in [0.05, 0.1) is 5.70 Å². The molecule has 3 nitrogen and oxygen atoms in total. The van der Waals surface area contributed by atoms with Gasteiger partial charge >= 0.3 is 0 Å². The number of hydrogen-bond acceptors (Lipinski definition) is 3. The largest absolute Gasteiger partial charge is 0.358 e. The number of allylic oxidation sites excluding steroid dienone is 3. The summed E-state index contributed by atoms with van der Waals surface area (Å²) in [7, 11) is 0. The maximum atomic E-state index is 13.3. The van der Waals surface area contributed by atoms with Crippen LogP contribution in [0.4, 0.5) is 0 Å². The highest BCUT2D eigenvalue weighted by Crippen LogP contribution is 2.48. The second kappa shape index (κ2) is 6.30. The summed E-state index contributed by atoms with van der Waals surface area (Å²) in [6, 6.07) is 16.2. The van der Waals surface area contributed by atoms with Crippen molar-refractivity contribution in [3.63, 3.8) is 0 Å². The summed E-state index contributed by atoms with van der Waals surface area (Å²) in [6.07, 6.45) is 2.28. The van der Waals surface area contributed by atoms with Gasteiger partial charge in [-0.2, -0.15) is 0 Å². The standard InChI is InChI=1S/C25H23NO2/c1-14(2)15-10-12-16(13-11-15)21-22-19(8-5-9-20(22)27)26-24-17-6-3-4-7-18(17)25(28)23(21)24/h3-4,6-7,10-14,21,26H,5,8-9H2,1-2H3/t21-/m0/s1. The van der Waals surface area contributed by atoms with Crippen LogP contribution in [0.25, 0.3) is 5.70 Å². The van der Waals surface area contributed by atoms with Crippen LogP contribution in [-0.2, 0) is 4.79 Å². The number of nitrogens with one attached hydrogen (secondary N) is 1. The van der Waals surface area contributed by atoms with Crippen LogP contribution in [0.5, 0.6) is 0 Å². The van der Waals surface area contributed by atoms with E-state index in [-0.39, 0.29) is 17.5 Å². The number of carbonyl (C=O) groups is 2. The van der Waals surface area contributed by atoms with Gasteiger partial charge in [0, 0.05) is 40.3 Å². The molecule has 0 saturated carbocycles. The Morgan fingerprint density at radius 2 is 1.61 bits per heavy atom. The molecule has 3 aliphatic rings. The molecular formula is C25H23NO2. The molecular weight excluding hydrogens is 346 g/mol. The lowest BCUT2D eigenvalue weighted by atomic mass is 9.74. The SMILES string of the molecule is CC(C)c1ccc([C@H]2C3=C(CCCC3=O)NC3=C2C(=O)c2ccccc23)cc1. The van der Waals surface area contributed by atoms with Gasteiger partial charge in [-0.3, -0.25) is 9.59 Å². The quantitative estimate of drug-likeness (QED) is 0.800. The summed E-state index contributed by atoms with van der Waals surface area (Å²) >= 11 is 0. The van der Waals surface area contributed by atoms with Gasteiger partial charge in [-0.1, -0.05) is 62.4 Å². The van der Waals surface area contributed by atoms with Crippen LogP contribution in [0.1, 0.15) is 72.0 Å². The minimum Gasteiger partial charge on any atom is -0.358 e. The van der Waals surface area contributed by atoms with Crippen LogP contribution in [0.2, 0.25) is 0 Å². The second-order valence-corrected chi connectivity index (χ2v) is 8.21. The first-order chi connectivity index (χ1) is 13.6. The molecule has 1 heterocycles. The van der Waals surface area contributed by atoms with E-state index in [4.69, 9.17) is 0 Å². The van der Waals surface area contributed by atoms with Gasteiger partial charge in [-0.15, -0.1) is 0 Å². The molecule has 0 fully saturated rings. The van der Waals surface area contributed by atoms with Gasteiger partial charge in [0.15, 0.2) is 11.6 Å². The molecule has 1 aliphatic heterocycles. The monoisotopic (exact) mass is 369 g/mol. The van der Waals surface area contributed by atoms with Gasteiger partial charge in [-0.05, 0) is 29.9 Å². The van der Waals surface area contributed by atoms with E-state index < -0.39 is 0 Å². The van der Waals surface area contributed by atoms with Crippen LogP contribution in [0.15, 0.2) is 65.4 Å². The van der Waals surface area contributed by atoms with E-state index in [1.54, 1.807) is 0 Å². The topological polar surface area (TPSA) is 46.2 Å². The summed E-state index contributed by atoms with van der Waals surface area (Å²) < 4.78 is 0.